The molecule has 0 aromatic heterocycles. The SMILES string of the molecule is CCNC(=O)C(CC)N(Cc1ccccc1Cl)C(=O)CN(c1ccccc1OC)S(=O)(=O)c1ccc(C)cc1. The molecular weight excluding hydrogens is 538 g/mol. The second-order valence-electron chi connectivity index (χ2n) is 8.93. The zero-order valence-electron chi connectivity index (χ0n) is 22.6. The van der Waals surface area contributed by atoms with Gasteiger partial charge in [-0.25, -0.2) is 8.42 Å². The van der Waals surface area contributed by atoms with Crippen molar-refractivity contribution in [3.63, 3.8) is 0 Å². The van der Waals surface area contributed by atoms with E-state index >= 15 is 0 Å². The minimum atomic E-state index is -4.20. The van der Waals surface area contributed by atoms with Crippen molar-refractivity contribution in [3.8, 4) is 5.75 Å². The molecule has 0 radical (unpaired) electrons. The molecule has 0 bridgehead atoms. The molecule has 0 aliphatic rings. The fourth-order valence-electron chi connectivity index (χ4n) is 4.21. The summed E-state index contributed by atoms with van der Waals surface area (Å²) in [5.74, 6) is -0.602. The Kier molecular flexibility index (Phi) is 10.4. The number of likely N-dealkylation sites (N-methyl/N-ethyl adjacent to an activating group) is 1. The first-order chi connectivity index (χ1) is 18.6. The molecular formula is C29H34ClN3O5S. The largest absolute Gasteiger partial charge is 0.495 e. The first-order valence-corrected chi connectivity index (χ1v) is 14.5. The van der Waals surface area contributed by atoms with Gasteiger partial charge in [0.25, 0.3) is 10.0 Å². The topological polar surface area (TPSA) is 96.0 Å². The predicted octanol–water partition coefficient (Wildman–Crippen LogP) is 4.80. The minimum Gasteiger partial charge on any atom is -0.495 e. The number of hydrogen-bond donors (Lipinski definition) is 1. The van der Waals surface area contributed by atoms with Crippen LogP contribution in [0, 0.1) is 6.92 Å². The number of nitrogens with zero attached hydrogens (tertiary/aromatic N) is 2. The Morgan fingerprint density at radius 1 is 0.974 bits per heavy atom. The number of carbonyl (C=O) groups is 2. The number of hydrogen-bond acceptors (Lipinski definition) is 5. The third kappa shape index (κ3) is 7.10. The number of amides is 2. The van der Waals surface area contributed by atoms with Crippen LogP contribution in [0.25, 0.3) is 0 Å². The first kappa shape index (κ1) is 30.0. The van der Waals surface area contributed by atoms with Crippen LogP contribution in [0.3, 0.4) is 0 Å². The molecule has 0 fully saturated rings. The van der Waals surface area contributed by atoms with Gasteiger partial charge in [0.05, 0.1) is 17.7 Å². The van der Waals surface area contributed by atoms with Crippen molar-refractivity contribution < 1.29 is 22.7 Å². The molecule has 8 nitrogen and oxygen atoms in total. The quantitative estimate of drug-likeness (QED) is 0.337. The van der Waals surface area contributed by atoms with Gasteiger partial charge >= 0.3 is 0 Å². The van der Waals surface area contributed by atoms with Crippen molar-refractivity contribution in [3.05, 3.63) is 88.9 Å². The fraction of sp³-hybridized carbons (Fsp3) is 0.310. The molecule has 3 aromatic carbocycles. The smallest absolute Gasteiger partial charge is 0.264 e. The molecule has 3 aromatic rings. The van der Waals surface area contributed by atoms with Crippen LogP contribution >= 0.6 is 11.6 Å². The average Bonchev–Trinajstić information content (AvgIpc) is 2.92. The minimum absolute atomic E-state index is 0.0263. The van der Waals surface area contributed by atoms with E-state index in [4.69, 9.17) is 16.3 Å². The average molecular weight is 572 g/mol. The van der Waals surface area contributed by atoms with Gasteiger partial charge in [0.1, 0.15) is 18.3 Å². The molecule has 10 heteroatoms. The second-order valence-corrected chi connectivity index (χ2v) is 11.2. The molecule has 0 aliphatic carbocycles. The van der Waals surface area contributed by atoms with Crippen LogP contribution in [-0.4, -0.2) is 51.4 Å². The third-order valence-corrected chi connectivity index (χ3v) is 8.42. The van der Waals surface area contributed by atoms with E-state index in [1.807, 2.05) is 6.92 Å². The fourth-order valence-corrected chi connectivity index (χ4v) is 5.83. The summed E-state index contributed by atoms with van der Waals surface area (Å²) in [5.41, 5.74) is 1.74. The van der Waals surface area contributed by atoms with Crippen LogP contribution in [0.1, 0.15) is 31.4 Å². The lowest BCUT2D eigenvalue weighted by Crippen LogP contribution is -2.52. The van der Waals surface area contributed by atoms with E-state index in [1.165, 1.54) is 24.1 Å². The highest BCUT2D eigenvalue weighted by Gasteiger charge is 2.34. The Morgan fingerprint density at radius 2 is 1.62 bits per heavy atom. The molecule has 39 heavy (non-hydrogen) atoms. The summed E-state index contributed by atoms with van der Waals surface area (Å²) in [4.78, 5) is 28.5. The Morgan fingerprint density at radius 3 is 2.23 bits per heavy atom. The van der Waals surface area contributed by atoms with E-state index in [2.05, 4.69) is 5.32 Å². The number of methoxy groups -OCH3 is 1. The lowest BCUT2D eigenvalue weighted by Gasteiger charge is -2.33. The lowest BCUT2D eigenvalue weighted by molar-refractivity contribution is -0.140. The monoisotopic (exact) mass is 571 g/mol. The van der Waals surface area contributed by atoms with Gasteiger partial charge in [0.2, 0.25) is 11.8 Å². The molecule has 0 saturated heterocycles. The van der Waals surface area contributed by atoms with E-state index in [1.54, 1.807) is 74.5 Å². The maximum Gasteiger partial charge on any atom is 0.264 e. The van der Waals surface area contributed by atoms with Crippen molar-refractivity contribution in [1.82, 2.24) is 10.2 Å². The van der Waals surface area contributed by atoms with Gasteiger partial charge in [0.15, 0.2) is 0 Å². The molecule has 3 rings (SSSR count). The van der Waals surface area contributed by atoms with Gasteiger partial charge in [0, 0.05) is 18.1 Å². The van der Waals surface area contributed by atoms with Crippen molar-refractivity contribution in [2.45, 2.75) is 44.7 Å². The number of ether oxygens (including phenoxy) is 1. The number of halogens is 1. The Hall–Kier alpha value is -3.56. The maximum atomic E-state index is 14.0. The van der Waals surface area contributed by atoms with Crippen molar-refractivity contribution in [2.75, 3.05) is 24.5 Å². The highest BCUT2D eigenvalue weighted by atomic mass is 35.5. The summed E-state index contributed by atoms with van der Waals surface area (Å²) in [6, 6.07) is 19.2. The van der Waals surface area contributed by atoms with E-state index in [0.717, 1.165) is 9.87 Å². The van der Waals surface area contributed by atoms with Gasteiger partial charge in [-0.1, -0.05) is 66.6 Å². The number of benzene rings is 3. The Bertz CT molecular complexity index is 1400. The molecule has 0 saturated carbocycles. The van der Waals surface area contributed by atoms with Gasteiger partial charge in [-0.2, -0.15) is 0 Å². The predicted molar refractivity (Wildman–Crippen MR) is 153 cm³/mol. The number of para-hydroxylation sites is 2. The molecule has 0 aliphatic heterocycles. The number of rotatable bonds is 12. The zero-order valence-corrected chi connectivity index (χ0v) is 24.1. The molecule has 1 atom stereocenters. The van der Waals surface area contributed by atoms with Crippen LogP contribution in [0.2, 0.25) is 5.02 Å². The highest BCUT2D eigenvalue weighted by molar-refractivity contribution is 7.92. The van der Waals surface area contributed by atoms with E-state index < -0.39 is 28.5 Å². The zero-order chi connectivity index (χ0) is 28.6. The molecule has 208 valence electrons. The number of nitrogens with one attached hydrogen (secondary N) is 1. The van der Waals surface area contributed by atoms with Crippen LogP contribution in [0.4, 0.5) is 5.69 Å². The summed E-state index contributed by atoms with van der Waals surface area (Å²) in [5, 5.41) is 3.22. The lowest BCUT2D eigenvalue weighted by atomic mass is 10.1. The van der Waals surface area contributed by atoms with Gasteiger partial charge in [-0.3, -0.25) is 13.9 Å². The summed E-state index contributed by atoms with van der Waals surface area (Å²) in [6.07, 6.45) is 0.321. The number of aryl methyl sites for hydroxylation is 1. The van der Waals surface area contributed by atoms with Crippen LogP contribution in [0.15, 0.2) is 77.7 Å². The normalized spacial score (nSPS) is 11.9. The summed E-state index contributed by atoms with van der Waals surface area (Å²) >= 11 is 6.41. The molecule has 0 spiro atoms. The summed E-state index contributed by atoms with van der Waals surface area (Å²) in [6.45, 7) is 5.31. The second kappa shape index (κ2) is 13.5. The number of anilines is 1. The maximum absolute atomic E-state index is 14.0. The Labute approximate surface area is 235 Å². The standard InChI is InChI=1S/C29H34ClN3O5S/c1-5-25(29(35)31-6-2)32(19-22-11-7-8-12-24(22)30)28(34)20-33(26-13-9-10-14-27(26)38-4)39(36,37)23-17-15-21(3)16-18-23/h7-18,25H,5-6,19-20H2,1-4H3,(H,31,35). The van der Waals surface area contributed by atoms with Crippen molar-refractivity contribution in [2.24, 2.45) is 0 Å². The van der Waals surface area contributed by atoms with Crippen molar-refractivity contribution in [1.29, 1.82) is 0 Å². The van der Waals surface area contributed by atoms with Crippen LogP contribution in [0.5, 0.6) is 5.75 Å². The summed E-state index contributed by atoms with van der Waals surface area (Å²) in [7, 11) is -2.76. The van der Waals surface area contributed by atoms with Crippen LogP contribution in [-0.2, 0) is 26.2 Å². The van der Waals surface area contributed by atoms with E-state index in [0.29, 0.717) is 23.6 Å². The molecule has 0 heterocycles. The van der Waals surface area contributed by atoms with Gasteiger partial charge in [-0.15, -0.1) is 0 Å². The first-order valence-electron chi connectivity index (χ1n) is 12.7. The number of carbonyl (C=O) groups excluding carboxylic acids is 2. The van der Waals surface area contributed by atoms with Crippen molar-refractivity contribution >= 4 is 39.1 Å². The van der Waals surface area contributed by atoms with Gasteiger partial charge in [-0.05, 0) is 56.2 Å². The van der Waals surface area contributed by atoms with Gasteiger partial charge < -0.3 is 15.0 Å². The molecule has 1 N–H and O–H groups in total. The molecule has 1 unspecified atom stereocenters. The Balaban J connectivity index is 2.11. The van der Waals surface area contributed by atoms with E-state index in [9.17, 15) is 18.0 Å². The molecule has 2 amide bonds. The number of sulfonamides is 1. The summed E-state index contributed by atoms with van der Waals surface area (Å²) < 4.78 is 34.4. The third-order valence-electron chi connectivity index (χ3n) is 6.28. The highest BCUT2D eigenvalue weighted by Crippen LogP contribution is 2.33. The van der Waals surface area contributed by atoms with Crippen LogP contribution < -0.4 is 14.4 Å². The van der Waals surface area contributed by atoms with E-state index in [-0.39, 0.29) is 28.8 Å².